The molecule has 0 saturated carbocycles. The summed E-state index contributed by atoms with van der Waals surface area (Å²) < 4.78 is 34.4. The van der Waals surface area contributed by atoms with Crippen LogP contribution in [-0.2, 0) is 14.3 Å². The lowest BCUT2D eigenvalue weighted by molar-refractivity contribution is -0.125. The minimum absolute atomic E-state index is 0.109. The number of rotatable bonds is 7. The molecule has 0 aliphatic carbocycles. The Morgan fingerprint density at radius 3 is 2.39 bits per heavy atom. The van der Waals surface area contributed by atoms with Gasteiger partial charge in [-0.2, -0.15) is 8.78 Å². The minimum Gasteiger partial charge on any atom is -0.452 e. The van der Waals surface area contributed by atoms with Crippen LogP contribution in [0.3, 0.4) is 0 Å². The normalized spacial score (nSPS) is 14.6. The Hall–Kier alpha value is -2.36. The molecule has 154 valence electrons. The molecule has 1 aliphatic rings. The quantitative estimate of drug-likeness (QED) is 0.544. The van der Waals surface area contributed by atoms with Gasteiger partial charge in [0.25, 0.3) is 11.7 Å². The smallest absolute Gasteiger partial charge is 0.409 e. The van der Waals surface area contributed by atoms with Crippen molar-refractivity contribution in [1.29, 1.82) is 0 Å². The van der Waals surface area contributed by atoms with Crippen molar-refractivity contribution in [2.75, 3.05) is 26.3 Å². The highest BCUT2D eigenvalue weighted by molar-refractivity contribution is 7.99. The number of ether oxygens (including phenoxy) is 2. The van der Waals surface area contributed by atoms with Gasteiger partial charge >= 0.3 is 12.1 Å². The van der Waals surface area contributed by atoms with Crippen LogP contribution in [0, 0.1) is 0 Å². The monoisotopic (exact) mass is 416 g/mol. The van der Waals surface area contributed by atoms with Crippen LogP contribution in [0.2, 0.25) is 0 Å². The molecule has 0 radical (unpaired) electrons. The van der Waals surface area contributed by atoms with Crippen LogP contribution < -0.4 is 5.32 Å². The predicted molar refractivity (Wildman–Crippen MR) is 98.3 cm³/mol. The summed E-state index contributed by atoms with van der Waals surface area (Å²) >= 11 is 0.379. The first-order valence-electron chi connectivity index (χ1n) is 8.82. The first kappa shape index (κ1) is 21.9. The third-order valence-electron chi connectivity index (χ3n) is 4.04. The number of hydrogen-bond acceptors (Lipinski definition) is 6. The summed E-state index contributed by atoms with van der Waals surface area (Å²) in [5, 5.41) is 2.77. The molecular formula is C18H22F2N2O5S. The van der Waals surface area contributed by atoms with Crippen LogP contribution in [-0.4, -0.2) is 61.0 Å². The highest BCUT2D eigenvalue weighted by Crippen LogP contribution is 2.25. The minimum atomic E-state index is -2.54. The molecule has 1 heterocycles. The molecule has 1 saturated heterocycles. The largest absolute Gasteiger partial charge is 0.452 e. The van der Waals surface area contributed by atoms with Gasteiger partial charge in [0, 0.05) is 24.0 Å². The van der Waals surface area contributed by atoms with Crippen LogP contribution in [0.15, 0.2) is 29.2 Å². The number of benzene rings is 1. The molecule has 2 amide bonds. The fraction of sp³-hybridized carbons (Fsp3) is 0.500. The average molecular weight is 416 g/mol. The highest BCUT2D eigenvalue weighted by Gasteiger charge is 2.24. The van der Waals surface area contributed by atoms with E-state index in [9.17, 15) is 23.2 Å². The van der Waals surface area contributed by atoms with Crippen LogP contribution in [0.5, 0.6) is 0 Å². The summed E-state index contributed by atoms with van der Waals surface area (Å²) in [4.78, 5) is 37.4. The summed E-state index contributed by atoms with van der Waals surface area (Å²) in [7, 11) is 0. The lowest BCUT2D eigenvalue weighted by Crippen LogP contribution is -2.47. The van der Waals surface area contributed by atoms with Crippen LogP contribution in [0.1, 0.15) is 30.1 Å². The van der Waals surface area contributed by atoms with Crippen molar-refractivity contribution >= 4 is 29.7 Å². The van der Waals surface area contributed by atoms with Crippen molar-refractivity contribution in [2.45, 2.75) is 36.5 Å². The molecule has 1 aromatic carbocycles. The van der Waals surface area contributed by atoms with Gasteiger partial charge in [0.2, 0.25) is 0 Å². The molecule has 28 heavy (non-hydrogen) atoms. The summed E-state index contributed by atoms with van der Waals surface area (Å²) in [5.74, 6) is -3.68. The molecular weight excluding hydrogens is 394 g/mol. The van der Waals surface area contributed by atoms with Crippen molar-refractivity contribution in [2.24, 2.45) is 0 Å². The summed E-state index contributed by atoms with van der Waals surface area (Å²) in [6.45, 7) is 2.57. The number of alkyl halides is 2. The number of thioether (sulfide) groups is 1. The Morgan fingerprint density at radius 2 is 1.82 bits per heavy atom. The molecule has 7 nitrogen and oxygen atoms in total. The van der Waals surface area contributed by atoms with Crippen LogP contribution >= 0.6 is 11.8 Å². The number of hydrogen-bond donors (Lipinski definition) is 1. The fourth-order valence-corrected chi connectivity index (χ4v) is 3.18. The van der Waals surface area contributed by atoms with Crippen LogP contribution in [0.25, 0.3) is 0 Å². The summed E-state index contributed by atoms with van der Waals surface area (Å²) in [6.07, 6.45) is 0.808. The topological polar surface area (TPSA) is 84.9 Å². The van der Waals surface area contributed by atoms with Gasteiger partial charge in [0.05, 0.1) is 12.2 Å². The molecule has 0 unspecified atom stereocenters. The number of nitrogens with one attached hydrogen (secondary N) is 1. The van der Waals surface area contributed by atoms with E-state index < -0.39 is 24.2 Å². The molecule has 1 aromatic rings. The average Bonchev–Trinajstić information content (AvgIpc) is 2.67. The van der Waals surface area contributed by atoms with E-state index >= 15 is 0 Å². The lowest BCUT2D eigenvalue weighted by Gasteiger charge is -2.31. The zero-order valence-corrected chi connectivity index (χ0v) is 16.2. The molecule has 0 bridgehead atoms. The number of piperidine rings is 1. The maximum absolute atomic E-state index is 12.3. The zero-order valence-electron chi connectivity index (χ0n) is 15.4. The maximum atomic E-state index is 12.3. The van der Waals surface area contributed by atoms with Gasteiger partial charge < -0.3 is 19.7 Å². The summed E-state index contributed by atoms with van der Waals surface area (Å²) in [6, 6.07) is 5.42. The first-order chi connectivity index (χ1) is 13.4. The predicted octanol–water partition coefficient (Wildman–Crippen LogP) is 2.90. The Morgan fingerprint density at radius 1 is 1.18 bits per heavy atom. The van der Waals surface area contributed by atoms with Crippen molar-refractivity contribution in [3.8, 4) is 0 Å². The third-order valence-corrected chi connectivity index (χ3v) is 4.76. The lowest BCUT2D eigenvalue weighted by atomic mass is 10.1. The number of halogens is 2. The number of carbonyl (C=O) groups is 3. The Labute approximate surface area is 165 Å². The Kier molecular flexibility index (Phi) is 8.49. The standard InChI is InChI=1S/C18H22F2N2O5S/c1-2-26-18(25)22-9-7-13(8-10-22)21-15(23)11-27-16(24)12-3-5-14(6-4-12)28-17(19)20/h3-6,13,17H,2,7-11H2,1H3,(H,21,23). The molecule has 1 aliphatic heterocycles. The SMILES string of the molecule is CCOC(=O)N1CCC(NC(=O)COC(=O)c2ccc(SC(F)F)cc2)CC1. The van der Waals surface area contributed by atoms with Gasteiger partial charge in [-0.25, -0.2) is 9.59 Å². The van der Waals surface area contributed by atoms with Crippen LogP contribution in [0.4, 0.5) is 13.6 Å². The molecule has 0 spiro atoms. The van der Waals surface area contributed by atoms with Gasteiger partial charge in [-0.1, -0.05) is 11.8 Å². The zero-order chi connectivity index (χ0) is 20.5. The fourth-order valence-electron chi connectivity index (χ4n) is 2.68. The third kappa shape index (κ3) is 6.99. The number of amides is 2. The molecule has 0 aromatic heterocycles. The first-order valence-corrected chi connectivity index (χ1v) is 9.70. The number of carbonyl (C=O) groups excluding carboxylic acids is 3. The summed E-state index contributed by atoms with van der Waals surface area (Å²) in [5.41, 5.74) is 0.175. The van der Waals surface area contributed by atoms with Crippen molar-refractivity contribution in [3.05, 3.63) is 29.8 Å². The van der Waals surface area contributed by atoms with E-state index in [2.05, 4.69) is 5.32 Å². The molecule has 1 N–H and O–H groups in total. The van der Waals surface area contributed by atoms with E-state index in [1.54, 1.807) is 11.8 Å². The Balaban J connectivity index is 1.71. The van der Waals surface area contributed by atoms with Crippen molar-refractivity contribution < 1.29 is 32.6 Å². The van der Waals surface area contributed by atoms with E-state index in [1.165, 1.54) is 24.3 Å². The van der Waals surface area contributed by atoms with Crippen molar-refractivity contribution in [1.82, 2.24) is 10.2 Å². The molecule has 1 fully saturated rings. The van der Waals surface area contributed by atoms with Gasteiger partial charge in [0.1, 0.15) is 0 Å². The Bertz CT molecular complexity index is 679. The maximum Gasteiger partial charge on any atom is 0.409 e. The van der Waals surface area contributed by atoms with Crippen molar-refractivity contribution in [3.63, 3.8) is 0 Å². The van der Waals surface area contributed by atoms with Gasteiger partial charge in [-0.3, -0.25) is 4.79 Å². The number of esters is 1. The molecule has 10 heteroatoms. The van der Waals surface area contributed by atoms with Gasteiger partial charge in [-0.05, 0) is 44.0 Å². The number of likely N-dealkylation sites (tertiary alicyclic amines) is 1. The highest BCUT2D eigenvalue weighted by atomic mass is 32.2. The second-order valence-electron chi connectivity index (χ2n) is 6.01. The van der Waals surface area contributed by atoms with E-state index in [1.807, 2.05) is 0 Å². The van der Waals surface area contributed by atoms with Gasteiger partial charge in [0.15, 0.2) is 6.61 Å². The van der Waals surface area contributed by atoms with E-state index in [0.29, 0.717) is 49.2 Å². The second kappa shape index (κ2) is 10.8. The molecule has 2 rings (SSSR count). The van der Waals surface area contributed by atoms with E-state index in [0.717, 1.165) is 0 Å². The molecule has 0 atom stereocenters. The van der Waals surface area contributed by atoms with E-state index in [4.69, 9.17) is 9.47 Å². The number of nitrogens with zero attached hydrogens (tertiary/aromatic N) is 1. The second-order valence-corrected chi connectivity index (χ2v) is 7.07. The van der Waals surface area contributed by atoms with Gasteiger partial charge in [-0.15, -0.1) is 0 Å². The van der Waals surface area contributed by atoms with E-state index in [-0.39, 0.29) is 17.7 Å².